The summed E-state index contributed by atoms with van der Waals surface area (Å²) in [5.74, 6) is -0.260. The van der Waals surface area contributed by atoms with E-state index in [1.54, 1.807) is 0 Å². The van der Waals surface area contributed by atoms with Crippen LogP contribution in [-0.2, 0) is 4.79 Å². The molecular formula is C11H17F3N2O. The third-order valence-corrected chi connectivity index (χ3v) is 2.80. The maximum absolute atomic E-state index is 12.4. The van der Waals surface area contributed by atoms with Crippen LogP contribution in [0.2, 0.25) is 0 Å². The number of rotatable bonds is 3. The highest BCUT2D eigenvalue weighted by Gasteiger charge is 2.35. The van der Waals surface area contributed by atoms with Gasteiger partial charge in [-0.25, -0.2) is 0 Å². The molecule has 0 radical (unpaired) electrons. The van der Waals surface area contributed by atoms with E-state index in [1.165, 1.54) is 4.90 Å². The van der Waals surface area contributed by atoms with E-state index in [1.807, 2.05) is 6.92 Å². The molecule has 0 aromatic heterocycles. The molecule has 17 heavy (non-hydrogen) atoms. The van der Waals surface area contributed by atoms with Crippen molar-refractivity contribution in [3.05, 3.63) is 11.6 Å². The maximum atomic E-state index is 12.4. The molecule has 0 saturated carbocycles. The summed E-state index contributed by atoms with van der Waals surface area (Å²) < 4.78 is 37.1. The fourth-order valence-electron chi connectivity index (χ4n) is 1.80. The van der Waals surface area contributed by atoms with Gasteiger partial charge in [0, 0.05) is 18.7 Å². The molecule has 1 rings (SSSR count). The van der Waals surface area contributed by atoms with Gasteiger partial charge in [-0.1, -0.05) is 19.4 Å². The van der Waals surface area contributed by atoms with Gasteiger partial charge in [0.05, 0.1) is 6.04 Å². The number of nitrogens with two attached hydrogens (primary N) is 1. The van der Waals surface area contributed by atoms with Gasteiger partial charge in [-0.3, -0.25) is 4.79 Å². The van der Waals surface area contributed by atoms with E-state index in [2.05, 4.69) is 0 Å². The van der Waals surface area contributed by atoms with Gasteiger partial charge in [0.25, 0.3) is 0 Å². The van der Waals surface area contributed by atoms with Gasteiger partial charge < -0.3 is 10.6 Å². The summed E-state index contributed by atoms with van der Waals surface area (Å²) in [6, 6.07) is -0.596. The maximum Gasteiger partial charge on any atom is 0.412 e. The van der Waals surface area contributed by atoms with Crippen LogP contribution in [0, 0.1) is 0 Å². The SMILES string of the molecule is CCCC(N)C(=O)N1CC=C(C(F)(F)F)CC1. The number of hydrogen-bond donors (Lipinski definition) is 1. The summed E-state index contributed by atoms with van der Waals surface area (Å²) in [5.41, 5.74) is 5.09. The predicted octanol–water partition coefficient (Wildman–Crippen LogP) is 1.83. The van der Waals surface area contributed by atoms with Gasteiger partial charge >= 0.3 is 6.18 Å². The monoisotopic (exact) mass is 250 g/mol. The van der Waals surface area contributed by atoms with Crippen molar-refractivity contribution in [2.24, 2.45) is 5.73 Å². The number of alkyl halides is 3. The van der Waals surface area contributed by atoms with Gasteiger partial charge in [0.1, 0.15) is 0 Å². The van der Waals surface area contributed by atoms with Crippen molar-refractivity contribution < 1.29 is 18.0 Å². The van der Waals surface area contributed by atoms with Crippen LogP contribution in [0.5, 0.6) is 0 Å². The van der Waals surface area contributed by atoms with Gasteiger partial charge in [-0.2, -0.15) is 13.2 Å². The van der Waals surface area contributed by atoms with E-state index in [0.29, 0.717) is 6.42 Å². The summed E-state index contributed by atoms with van der Waals surface area (Å²) in [6.07, 6.45) is -2.01. The summed E-state index contributed by atoms with van der Waals surface area (Å²) in [5, 5.41) is 0. The average Bonchev–Trinajstić information content (AvgIpc) is 2.27. The fraction of sp³-hybridized carbons (Fsp3) is 0.727. The molecule has 1 atom stereocenters. The third-order valence-electron chi connectivity index (χ3n) is 2.80. The molecule has 2 N–H and O–H groups in total. The predicted molar refractivity (Wildman–Crippen MR) is 58.2 cm³/mol. The van der Waals surface area contributed by atoms with Crippen molar-refractivity contribution in [3.8, 4) is 0 Å². The second-order valence-corrected chi connectivity index (χ2v) is 4.16. The lowest BCUT2D eigenvalue weighted by molar-refractivity contribution is -0.133. The van der Waals surface area contributed by atoms with E-state index in [9.17, 15) is 18.0 Å². The average molecular weight is 250 g/mol. The smallest absolute Gasteiger partial charge is 0.337 e. The van der Waals surface area contributed by atoms with Crippen LogP contribution in [0.1, 0.15) is 26.2 Å². The summed E-state index contributed by atoms with van der Waals surface area (Å²) in [6.45, 7) is 2.01. The van der Waals surface area contributed by atoms with E-state index in [-0.39, 0.29) is 25.4 Å². The van der Waals surface area contributed by atoms with Crippen LogP contribution in [0.15, 0.2) is 11.6 Å². The number of carbonyl (C=O) groups excluding carboxylic acids is 1. The standard InChI is InChI=1S/C11H17F3N2O/c1-2-3-9(15)10(17)16-6-4-8(5-7-16)11(12,13)14/h4,9H,2-3,5-7,15H2,1H3. The highest BCUT2D eigenvalue weighted by molar-refractivity contribution is 5.81. The third kappa shape index (κ3) is 3.73. The Morgan fingerprint density at radius 3 is 2.65 bits per heavy atom. The van der Waals surface area contributed by atoms with Gasteiger partial charge in [0.15, 0.2) is 0 Å². The van der Waals surface area contributed by atoms with Crippen molar-refractivity contribution in [1.29, 1.82) is 0 Å². The number of nitrogens with zero attached hydrogens (tertiary/aromatic N) is 1. The van der Waals surface area contributed by atoms with Gasteiger partial charge in [0.2, 0.25) is 5.91 Å². The highest BCUT2D eigenvalue weighted by atomic mass is 19.4. The van der Waals surface area contributed by atoms with Crippen LogP contribution in [0.4, 0.5) is 13.2 Å². The topological polar surface area (TPSA) is 46.3 Å². The normalized spacial score (nSPS) is 18.9. The zero-order chi connectivity index (χ0) is 13.1. The molecule has 1 aliphatic rings. The Bertz CT molecular complexity index is 312. The van der Waals surface area contributed by atoms with Crippen molar-refractivity contribution in [2.45, 2.75) is 38.4 Å². The minimum atomic E-state index is -4.28. The molecule has 0 saturated heterocycles. The Balaban J connectivity index is 2.57. The second kappa shape index (κ2) is 5.53. The van der Waals surface area contributed by atoms with E-state index >= 15 is 0 Å². The largest absolute Gasteiger partial charge is 0.412 e. The molecule has 0 fully saturated rings. The molecule has 1 heterocycles. The first kappa shape index (κ1) is 14.0. The Hall–Kier alpha value is -1.04. The quantitative estimate of drug-likeness (QED) is 0.777. The zero-order valence-corrected chi connectivity index (χ0v) is 9.76. The zero-order valence-electron chi connectivity index (χ0n) is 9.76. The summed E-state index contributed by atoms with van der Waals surface area (Å²) in [4.78, 5) is 13.1. The minimum Gasteiger partial charge on any atom is -0.337 e. The van der Waals surface area contributed by atoms with Crippen molar-refractivity contribution in [2.75, 3.05) is 13.1 Å². The van der Waals surface area contributed by atoms with Gasteiger partial charge in [-0.15, -0.1) is 0 Å². The highest BCUT2D eigenvalue weighted by Crippen LogP contribution is 2.30. The van der Waals surface area contributed by atoms with Crippen molar-refractivity contribution >= 4 is 5.91 Å². The summed E-state index contributed by atoms with van der Waals surface area (Å²) in [7, 11) is 0. The fourth-order valence-corrected chi connectivity index (χ4v) is 1.80. The molecule has 98 valence electrons. The molecule has 1 amide bonds. The Labute approximate surface area is 98.5 Å². The number of hydrogen-bond acceptors (Lipinski definition) is 2. The van der Waals surface area contributed by atoms with Crippen LogP contribution in [0.3, 0.4) is 0 Å². The minimum absolute atomic E-state index is 0.00505. The molecule has 0 aromatic rings. The molecule has 0 bridgehead atoms. The lowest BCUT2D eigenvalue weighted by Crippen LogP contribution is -2.46. The molecule has 0 spiro atoms. The lowest BCUT2D eigenvalue weighted by Gasteiger charge is -2.29. The molecule has 0 aliphatic carbocycles. The number of halogens is 3. The first-order chi connectivity index (χ1) is 7.86. The molecule has 1 unspecified atom stereocenters. The summed E-state index contributed by atoms with van der Waals surface area (Å²) >= 11 is 0. The van der Waals surface area contributed by atoms with Crippen molar-refractivity contribution in [1.82, 2.24) is 4.90 Å². The van der Waals surface area contributed by atoms with Gasteiger partial charge in [-0.05, 0) is 12.8 Å². The number of carbonyl (C=O) groups is 1. The second-order valence-electron chi connectivity index (χ2n) is 4.16. The molecule has 0 aromatic carbocycles. The molecule has 6 heteroatoms. The van der Waals surface area contributed by atoms with Crippen LogP contribution < -0.4 is 5.73 Å². The Morgan fingerprint density at radius 2 is 2.24 bits per heavy atom. The first-order valence-corrected chi connectivity index (χ1v) is 5.66. The number of amides is 1. The van der Waals surface area contributed by atoms with Crippen LogP contribution >= 0.6 is 0 Å². The molecular weight excluding hydrogens is 233 g/mol. The Morgan fingerprint density at radius 1 is 1.59 bits per heavy atom. The van der Waals surface area contributed by atoms with E-state index in [0.717, 1.165) is 12.5 Å². The van der Waals surface area contributed by atoms with E-state index < -0.39 is 17.8 Å². The van der Waals surface area contributed by atoms with Crippen molar-refractivity contribution in [3.63, 3.8) is 0 Å². The van der Waals surface area contributed by atoms with E-state index in [4.69, 9.17) is 5.73 Å². The molecule has 3 nitrogen and oxygen atoms in total. The van der Waals surface area contributed by atoms with Crippen LogP contribution in [0.25, 0.3) is 0 Å². The van der Waals surface area contributed by atoms with Crippen LogP contribution in [-0.4, -0.2) is 36.1 Å². The molecule has 1 aliphatic heterocycles. The lowest BCUT2D eigenvalue weighted by atomic mass is 10.1. The first-order valence-electron chi connectivity index (χ1n) is 5.66. The Kier molecular flexibility index (Phi) is 4.56.